The number of rotatable bonds is 3. The van der Waals surface area contributed by atoms with Gasteiger partial charge in [0.25, 0.3) is 5.95 Å². The molecule has 3 aromatic heterocycles. The quantitative estimate of drug-likeness (QED) is 0.760. The number of carbonyl (C=O) groups excluding carboxylic acids is 1. The third-order valence-electron chi connectivity index (χ3n) is 3.98. The van der Waals surface area contributed by atoms with Crippen LogP contribution in [0.25, 0.3) is 5.65 Å². The molecule has 0 unspecified atom stereocenters. The Kier molecular flexibility index (Phi) is 3.00. The molecular formula is C14H15N7O2. The van der Waals surface area contributed by atoms with E-state index in [1.54, 1.807) is 17.6 Å². The zero-order chi connectivity index (χ0) is 15.9. The van der Waals surface area contributed by atoms with Gasteiger partial charge < -0.3 is 9.84 Å². The Labute approximate surface area is 131 Å². The summed E-state index contributed by atoms with van der Waals surface area (Å²) in [4.78, 5) is 20.8. The number of fused-ring (bicyclic) bond motifs is 1. The topological polar surface area (TPSA) is 110 Å². The van der Waals surface area contributed by atoms with Gasteiger partial charge in [-0.15, -0.1) is 5.10 Å². The van der Waals surface area contributed by atoms with E-state index in [1.807, 2.05) is 18.2 Å². The largest absolute Gasteiger partial charge is 0.340 e. The number of nitrogens with one attached hydrogen (secondary N) is 2. The summed E-state index contributed by atoms with van der Waals surface area (Å²) in [6.45, 7) is 1.73. The average molecular weight is 313 g/mol. The molecule has 2 N–H and O–H groups in total. The molecule has 2 amide bonds. The van der Waals surface area contributed by atoms with Crippen LogP contribution in [0.5, 0.6) is 0 Å². The van der Waals surface area contributed by atoms with E-state index in [0.717, 1.165) is 19.3 Å². The minimum absolute atomic E-state index is 0.243. The summed E-state index contributed by atoms with van der Waals surface area (Å²) in [6, 6.07) is 5.12. The highest BCUT2D eigenvalue weighted by Gasteiger charge is 2.44. The number of hydrogen-bond acceptors (Lipinski definition) is 6. The van der Waals surface area contributed by atoms with Gasteiger partial charge in [0.05, 0.1) is 0 Å². The van der Waals surface area contributed by atoms with Gasteiger partial charge in [-0.3, -0.25) is 5.32 Å². The van der Waals surface area contributed by atoms with E-state index in [1.165, 1.54) is 0 Å². The van der Waals surface area contributed by atoms with Gasteiger partial charge in [-0.05, 0) is 31.4 Å². The van der Waals surface area contributed by atoms with Crippen LogP contribution in [0.1, 0.15) is 31.0 Å². The number of urea groups is 1. The van der Waals surface area contributed by atoms with Crippen molar-refractivity contribution in [3.63, 3.8) is 0 Å². The Morgan fingerprint density at radius 1 is 1.35 bits per heavy atom. The van der Waals surface area contributed by atoms with E-state index >= 15 is 0 Å². The first-order valence-electron chi connectivity index (χ1n) is 7.36. The summed E-state index contributed by atoms with van der Waals surface area (Å²) in [5.74, 6) is 1.24. The predicted molar refractivity (Wildman–Crippen MR) is 79.7 cm³/mol. The van der Waals surface area contributed by atoms with Crippen LogP contribution in [-0.4, -0.2) is 30.8 Å². The van der Waals surface area contributed by atoms with Crippen molar-refractivity contribution in [3.05, 3.63) is 36.1 Å². The molecule has 3 aromatic rings. The number of carbonyl (C=O) groups is 1. The van der Waals surface area contributed by atoms with E-state index in [9.17, 15) is 4.79 Å². The Morgan fingerprint density at radius 2 is 2.22 bits per heavy atom. The first-order valence-corrected chi connectivity index (χ1v) is 7.36. The van der Waals surface area contributed by atoms with Crippen LogP contribution in [0.15, 0.2) is 28.9 Å². The maximum Gasteiger partial charge on any atom is 0.322 e. The van der Waals surface area contributed by atoms with Gasteiger partial charge in [-0.25, -0.2) is 9.31 Å². The second kappa shape index (κ2) is 5.04. The van der Waals surface area contributed by atoms with Crippen molar-refractivity contribution in [2.75, 3.05) is 5.32 Å². The fourth-order valence-electron chi connectivity index (χ4n) is 2.66. The highest BCUT2D eigenvalue weighted by molar-refractivity contribution is 5.88. The molecule has 0 aliphatic heterocycles. The summed E-state index contributed by atoms with van der Waals surface area (Å²) in [5.41, 5.74) is 0.0935. The van der Waals surface area contributed by atoms with Crippen molar-refractivity contribution in [3.8, 4) is 0 Å². The van der Waals surface area contributed by atoms with Crippen LogP contribution in [-0.2, 0) is 5.54 Å². The molecule has 9 nitrogen and oxygen atoms in total. The summed E-state index contributed by atoms with van der Waals surface area (Å²) in [6.07, 6.45) is 4.32. The maximum atomic E-state index is 12.3. The highest BCUT2D eigenvalue weighted by atomic mass is 16.5. The van der Waals surface area contributed by atoms with E-state index in [2.05, 4.69) is 30.9 Å². The monoisotopic (exact) mass is 313 g/mol. The predicted octanol–water partition coefficient (Wildman–Crippen LogP) is 1.62. The van der Waals surface area contributed by atoms with Gasteiger partial charge in [0, 0.05) is 13.1 Å². The highest BCUT2D eigenvalue weighted by Crippen LogP contribution is 2.39. The molecule has 1 fully saturated rings. The molecule has 1 aliphatic carbocycles. The number of aromatic nitrogens is 5. The van der Waals surface area contributed by atoms with E-state index in [0.29, 0.717) is 17.4 Å². The number of aryl methyl sites for hydroxylation is 1. The SMILES string of the molecule is Cc1nc(C2(NC(=O)Nc3nc4ccccn4n3)CCC2)no1. The van der Waals surface area contributed by atoms with Crippen molar-refractivity contribution in [2.45, 2.75) is 31.7 Å². The van der Waals surface area contributed by atoms with E-state index in [4.69, 9.17) is 4.52 Å². The van der Waals surface area contributed by atoms with Gasteiger partial charge in [0.15, 0.2) is 11.5 Å². The number of anilines is 1. The first kappa shape index (κ1) is 13.7. The summed E-state index contributed by atoms with van der Waals surface area (Å²) in [5, 5.41) is 13.7. The zero-order valence-electron chi connectivity index (χ0n) is 12.5. The summed E-state index contributed by atoms with van der Waals surface area (Å²) < 4.78 is 6.62. The Morgan fingerprint density at radius 3 is 2.87 bits per heavy atom. The fraction of sp³-hybridized carbons (Fsp3) is 0.357. The third kappa shape index (κ3) is 2.39. The molecular weight excluding hydrogens is 298 g/mol. The van der Waals surface area contributed by atoms with Gasteiger partial charge in [-0.1, -0.05) is 11.2 Å². The number of amides is 2. The van der Waals surface area contributed by atoms with Crippen molar-refractivity contribution >= 4 is 17.6 Å². The fourth-order valence-corrected chi connectivity index (χ4v) is 2.66. The number of nitrogens with zero attached hydrogens (tertiary/aromatic N) is 5. The first-order chi connectivity index (χ1) is 11.1. The average Bonchev–Trinajstić information content (AvgIpc) is 3.08. The molecule has 9 heteroatoms. The van der Waals surface area contributed by atoms with Gasteiger partial charge in [0.1, 0.15) is 5.54 Å². The molecule has 1 saturated carbocycles. The number of pyridine rings is 1. The molecule has 0 radical (unpaired) electrons. The normalized spacial score (nSPS) is 16.0. The van der Waals surface area contributed by atoms with Crippen LogP contribution in [0.2, 0.25) is 0 Å². The van der Waals surface area contributed by atoms with Crippen LogP contribution in [0.4, 0.5) is 10.7 Å². The lowest BCUT2D eigenvalue weighted by molar-refractivity contribution is 0.171. The van der Waals surface area contributed by atoms with Crippen molar-refractivity contribution in [1.29, 1.82) is 0 Å². The smallest absolute Gasteiger partial charge is 0.322 e. The minimum atomic E-state index is -0.568. The molecule has 0 atom stereocenters. The molecule has 1 aliphatic rings. The minimum Gasteiger partial charge on any atom is -0.340 e. The van der Waals surface area contributed by atoms with Crippen LogP contribution < -0.4 is 10.6 Å². The molecule has 0 aromatic carbocycles. The van der Waals surface area contributed by atoms with Crippen LogP contribution in [0, 0.1) is 6.92 Å². The Hall–Kier alpha value is -2.97. The van der Waals surface area contributed by atoms with Crippen LogP contribution in [0.3, 0.4) is 0 Å². The second-order valence-corrected chi connectivity index (χ2v) is 5.59. The summed E-state index contributed by atoms with van der Waals surface area (Å²) >= 11 is 0. The Balaban J connectivity index is 1.50. The van der Waals surface area contributed by atoms with E-state index in [-0.39, 0.29) is 12.0 Å². The zero-order valence-corrected chi connectivity index (χ0v) is 12.5. The van der Waals surface area contributed by atoms with Gasteiger partial charge >= 0.3 is 6.03 Å². The lowest BCUT2D eigenvalue weighted by Gasteiger charge is -2.39. The molecule has 23 heavy (non-hydrogen) atoms. The van der Waals surface area contributed by atoms with Crippen molar-refractivity contribution in [1.82, 2.24) is 30.1 Å². The molecule has 3 heterocycles. The lowest BCUT2D eigenvalue weighted by atomic mass is 9.76. The van der Waals surface area contributed by atoms with Gasteiger partial charge in [-0.2, -0.15) is 9.97 Å². The third-order valence-corrected chi connectivity index (χ3v) is 3.98. The summed E-state index contributed by atoms with van der Waals surface area (Å²) in [7, 11) is 0. The Bertz CT molecular complexity index is 832. The van der Waals surface area contributed by atoms with E-state index < -0.39 is 5.54 Å². The molecule has 0 saturated heterocycles. The molecule has 4 rings (SSSR count). The van der Waals surface area contributed by atoms with Crippen LogP contribution >= 0.6 is 0 Å². The van der Waals surface area contributed by atoms with Crippen molar-refractivity contribution < 1.29 is 9.32 Å². The second-order valence-electron chi connectivity index (χ2n) is 5.59. The molecule has 118 valence electrons. The molecule has 0 spiro atoms. The maximum absolute atomic E-state index is 12.3. The van der Waals surface area contributed by atoms with Gasteiger partial charge in [0.2, 0.25) is 5.89 Å². The lowest BCUT2D eigenvalue weighted by Crippen LogP contribution is -2.53. The molecule has 0 bridgehead atoms. The standard InChI is InChI=1S/C14H15N7O2/c1-9-15-11(20-23-9)14(6-4-7-14)18-13(22)17-12-16-10-5-2-3-8-21(10)19-12/h2-3,5,8H,4,6-7H2,1H3,(H2,17,18,19,22). The number of hydrogen-bond donors (Lipinski definition) is 2. The van der Waals surface area contributed by atoms with Crippen molar-refractivity contribution in [2.24, 2.45) is 0 Å².